The second-order valence-electron chi connectivity index (χ2n) is 4.15. The molecule has 0 aromatic heterocycles. The maximum atomic E-state index is 11.8. The molecule has 0 saturated carbocycles. The van der Waals surface area contributed by atoms with Crippen LogP contribution in [0.4, 0.5) is 5.69 Å². The number of nitrogens with zero attached hydrogens (tertiary/aromatic N) is 1. The van der Waals surface area contributed by atoms with Gasteiger partial charge >= 0.3 is 11.8 Å². The molecule has 6 nitrogen and oxygen atoms in total. The topological polar surface area (TPSA) is 79.8 Å². The van der Waals surface area contributed by atoms with Crippen LogP contribution >= 0.6 is 11.8 Å². The number of ether oxygens (including phenoxy) is 1. The number of aliphatic imine (C=N–C) groups is 1. The molecule has 0 bridgehead atoms. The molecule has 1 aromatic rings. The van der Waals surface area contributed by atoms with Crippen molar-refractivity contribution in [1.29, 1.82) is 0 Å². The van der Waals surface area contributed by atoms with Crippen molar-refractivity contribution in [2.45, 2.75) is 6.92 Å². The number of amides is 2. The Balaban J connectivity index is 2.03. The van der Waals surface area contributed by atoms with Crippen LogP contribution in [0.2, 0.25) is 0 Å². The summed E-state index contributed by atoms with van der Waals surface area (Å²) in [6.07, 6.45) is 0. The number of rotatable bonds is 2. The Labute approximate surface area is 121 Å². The first-order chi connectivity index (χ1) is 9.60. The maximum Gasteiger partial charge on any atom is 0.315 e. The first kappa shape index (κ1) is 14.4. The summed E-state index contributed by atoms with van der Waals surface area (Å²) in [5.41, 5.74) is 1.42. The van der Waals surface area contributed by atoms with Gasteiger partial charge in [0.25, 0.3) is 0 Å². The zero-order valence-corrected chi connectivity index (χ0v) is 12.0. The molecule has 0 spiro atoms. The number of benzene rings is 1. The summed E-state index contributed by atoms with van der Waals surface area (Å²) in [4.78, 5) is 27.6. The Kier molecular flexibility index (Phi) is 4.62. The Morgan fingerprint density at radius 2 is 2.05 bits per heavy atom. The number of methoxy groups -OCH3 is 1. The molecule has 2 amide bonds. The van der Waals surface area contributed by atoms with Crippen molar-refractivity contribution in [2.75, 3.05) is 24.7 Å². The van der Waals surface area contributed by atoms with Crippen LogP contribution in [-0.4, -0.2) is 36.4 Å². The molecule has 0 atom stereocenters. The maximum absolute atomic E-state index is 11.8. The Morgan fingerprint density at radius 3 is 2.70 bits per heavy atom. The highest BCUT2D eigenvalue weighted by atomic mass is 32.2. The van der Waals surface area contributed by atoms with Crippen molar-refractivity contribution in [2.24, 2.45) is 4.99 Å². The summed E-state index contributed by atoms with van der Waals surface area (Å²) in [5.74, 6) is -0.154. The number of amidine groups is 1. The Bertz CT molecular complexity index is 572. The molecule has 1 aliphatic rings. The summed E-state index contributed by atoms with van der Waals surface area (Å²) in [6, 6.07) is 5.34. The van der Waals surface area contributed by atoms with Crippen LogP contribution in [0.5, 0.6) is 5.75 Å². The Hall–Kier alpha value is -2.02. The van der Waals surface area contributed by atoms with Gasteiger partial charge in [0.05, 0.1) is 19.3 Å². The van der Waals surface area contributed by atoms with E-state index in [1.165, 1.54) is 18.9 Å². The molecule has 2 N–H and O–H groups in total. The molecule has 0 saturated heterocycles. The average Bonchev–Trinajstić information content (AvgIpc) is 2.91. The normalized spacial score (nSPS) is 13.6. The second-order valence-corrected chi connectivity index (χ2v) is 5.23. The minimum atomic E-state index is -0.746. The summed E-state index contributed by atoms with van der Waals surface area (Å²) in [7, 11) is 1.50. The second kappa shape index (κ2) is 6.42. The van der Waals surface area contributed by atoms with Gasteiger partial charge in [-0.25, -0.2) is 0 Å². The van der Waals surface area contributed by atoms with Crippen LogP contribution in [0.15, 0.2) is 23.2 Å². The van der Waals surface area contributed by atoms with Crippen molar-refractivity contribution in [1.82, 2.24) is 5.32 Å². The molecular formula is C13H15N3O3S. The predicted molar refractivity (Wildman–Crippen MR) is 79.3 cm³/mol. The summed E-state index contributed by atoms with van der Waals surface area (Å²) < 4.78 is 5.14. The zero-order valence-electron chi connectivity index (χ0n) is 11.2. The fourth-order valence-electron chi connectivity index (χ4n) is 1.66. The van der Waals surface area contributed by atoms with E-state index < -0.39 is 11.8 Å². The van der Waals surface area contributed by atoms with Gasteiger partial charge in [0.2, 0.25) is 0 Å². The summed E-state index contributed by atoms with van der Waals surface area (Å²) in [5, 5.41) is 5.50. The highest BCUT2D eigenvalue weighted by Crippen LogP contribution is 2.25. The van der Waals surface area contributed by atoms with Gasteiger partial charge in [-0.1, -0.05) is 17.8 Å². The minimum Gasteiger partial charge on any atom is -0.495 e. The third-order valence-electron chi connectivity index (χ3n) is 2.62. The molecule has 0 aliphatic carbocycles. The number of aryl methyl sites for hydroxylation is 1. The van der Waals surface area contributed by atoms with E-state index in [0.717, 1.165) is 11.3 Å². The molecular weight excluding hydrogens is 278 g/mol. The Morgan fingerprint density at radius 1 is 1.30 bits per heavy atom. The third kappa shape index (κ3) is 3.51. The molecule has 0 radical (unpaired) electrons. The molecule has 0 fully saturated rings. The predicted octanol–water partition coefficient (Wildman–Crippen LogP) is 1.16. The number of nitrogens with one attached hydrogen (secondary N) is 2. The zero-order chi connectivity index (χ0) is 14.5. The molecule has 20 heavy (non-hydrogen) atoms. The van der Waals surface area contributed by atoms with Gasteiger partial charge in [0, 0.05) is 5.75 Å². The SMILES string of the molecule is COc1ccc(C)cc1NC(=O)C(=O)NC1=NCCS1. The van der Waals surface area contributed by atoms with Crippen LogP contribution in [0, 0.1) is 6.92 Å². The van der Waals surface area contributed by atoms with Gasteiger partial charge in [-0.3, -0.25) is 19.9 Å². The fraction of sp³-hybridized carbons (Fsp3) is 0.308. The van der Waals surface area contributed by atoms with E-state index in [-0.39, 0.29) is 0 Å². The van der Waals surface area contributed by atoms with Gasteiger partial charge in [-0.05, 0) is 24.6 Å². The largest absolute Gasteiger partial charge is 0.495 e. The lowest BCUT2D eigenvalue weighted by atomic mass is 10.2. The molecule has 0 unspecified atom stereocenters. The number of carbonyl (C=O) groups excluding carboxylic acids is 2. The van der Waals surface area contributed by atoms with Crippen LogP contribution in [-0.2, 0) is 9.59 Å². The van der Waals surface area contributed by atoms with Crippen molar-refractivity contribution in [3.05, 3.63) is 23.8 Å². The van der Waals surface area contributed by atoms with Crippen molar-refractivity contribution < 1.29 is 14.3 Å². The number of anilines is 1. The van der Waals surface area contributed by atoms with Crippen LogP contribution in [0.1, 0.15) is 5.56 Å². The summed E-state index contributed by atoms with van der Waals surface area (Å²) in [6.45, 7) is 2.55. The molecule has 106 valence electrons. The number of hydrogen-bond donors (Lipinski definition) is 2. The number of thioether (sulfide) groups is 1. The van der Waals surface area contributed by atoms with Crippen molar-refractivity contribution >= 4 is 34.4 Å². The monoisotopic (exact) mass is 293 g/mol. The lowest BCUT2D eigenvalue weighted by Gasteiger charge is -2.10. The van der Waals surface area contributed by atoms with Crippen molar-refractivity contribution in [3.8, 4) is 5.75 Å². The lowest BCUT2D eigenvalue weighted by molar-refractivity contribution is -0.135. The van der Waals surface area contributed by atoms with Crippen LogP contribution < -0.4 is 15.4 Å². The van der Waals surface area contributed by atoms with E-state index >= 15 is 0 Å². The first-order valence-corrected chi connectivity index (χ1v) is 7.03. The van der Waals surface area contributed by atoms with Gasteiger partial charge in [-0.15, -0.1) is 0 Å². The van der Waals surface area contributed by atoms with Crippen LogP contribution in [0.3, 0.4) is 0 Å². The summed E-state index contributed by atoms with van der Waals surface area (Å²) >= 11 is 1.42. The molecule has 7 heteroatoms. The first-order valence-electron chi connectivity index (χ1n) is 6.04. The molecule has 1 aliphatic heterocycles. The van der Waals surface area contributed by atoms with E-state index in [9.17, 15) is 9.59 Å². The molecule has 1 aromatic carbocycles. The highest BCUT2D eigenvalue weighted by Gasteiger charge is 2.19. The standard InChI is InChI=1S/C13H15N3O3S/c1-8-3-4-10(19-2)9(7-8)15-11(17)12(18)16-13-14-5-6-20-13/h3-4,7H,5-6H2,1-2H3,(H,15,17)(H,14,16,18). The lowest BCUT2D eigenvalue weighted by Crippen LogP contribution is -2.37. The highest BCUT2D eigenvalue weighted by molar-refractivity contribution is 8.14. The van der Waals surface area contributed by atoms with E-state index in [4.69, 9.17) is 4.74 Å². The smallest absolute Gasteiger partial charge is 0.315 e. The van der Waals surface area contributed by atoms with E-state index in [0.29, 0.717) is 23.1 Å². The van der Waals surface area contributed by atoms with Gasteiger partial charge in [0.15, 0.2) is 5.17 Å². The molecule has 1 heterocycles. The quantitative estimate of drug-likeness (QED) is 0.802. The number of hydrogen-bond acceptors (Lipinski definition) is 5. The van der Waals surface area contributed by atoms with Crippen LogP contribution in [0.25, 0.3) is 0 Å². The van der Waals surface area contributed by atoms with Gasteiger partial charge < -0.3 is 10.1 Å². The van der Waals surface area contributed by atoms with E-state index in [1.807, 2.05) is 13.0 Å². The van der Waals surface area contributed by atoms with Crippen molar-refractivity contribution in [3.63, 3.8) is 0 Å². The van der Waals surface area contributed by atoms with Gasteiger partial charge in [-0.2, -0.15) is 0 Å². The van der Waals surface area contributed by atoms with E-state index in [1.54, 1.807) is 12.1 Å². The fourth-order valence-corrected chi connectivity index (χ4v) is 2.39. The minimum absolute atomic E-state index is 0.466. The van der Waals surface area contributed by atoms with E-state index in [2.05, 4.69) is 15.6 Å². The third-order valence-corrected chi connectivity index (χ3v) is 3.51. The average molecular weight is 293 g/mol. The number of carbonyl (C=O) groups is 2. The van der Waals surface area contributed by atoms with Gasteiger partial charge in [0.1, 0.15) is 5.75 Å². The molecule has 2 rings (SSSR count).